The topological polar surface area (TPSA) is 73.4 Å². The first kappa shape index (κ1) is 25.7. The van der Waals surface area contributed by atoms with Crippen LogP contribution in [0.15, 0.2) is 89.2 Å². The fourth-order valence-electron chi connectivity index (χ4n) is 4.84. The molecule has 1 amide bonds. The summed E-state index contributed by atoms with van der Waals surface area (Å²) in [6.07, 6.45) is 1.44. The van der Waals surface area contributed by atoms with E-state index in [0.717, 1.165) is 46.8 Å². The molecule has 0 spiro atoms. The van der Waals surface area contributed by atoms with Crippen molar-refractivity contribution in [2.45, 2.75) is 25.8 Å². The predicted octanol–water partition coefficient (Wildman–Crippen LogP) is 5.23. The molecule has 1 saturated heterocycles. The number of hydrogen-bond acceptors (Lipinski definition) is 5. The number of rotatable bonds is 7. The molecule has 1 aliphatic heterocycles. The molecule has 3 aromatic carbocycles. The van der Waals surface area contributed by atoms with E-state index in [-0.39, 0.29) is 5.91 Å². The molecule has 38 heavy (non-hydrogen) atoms. The maximum atomic E-state index is 14.2. The highest BCUT2D eigenvalue weighted by Gasteiger charge is 2.29. The van der Waals surface area contributed by atoms with Crippen LogP contribution in [0.4, 0.5) is 5.69 Å². The minimum absolute atomic E-state index is 0.126. The molecule has 1 N–H and O–H groups in total. The third-order valence-electron chi connectivity index (χ3n) is 6.85. The Morgan fingerprint density at radius 3 is 2.53 bits per heavy atom. The Kier molecular flexibility index (Phi) is 8.12. The number of nitrogens with one attached hydrogen (secondary N) is 1. The Bertz CT molecular complexity index is 1490. The Morgan fingerprint density at radius 2 is 1.82 bits per heavy atom. The summed E-state index contributed by atoms with van der Waals surface area (Å²) in [6.45, 7) is 5.05. The maximum Gasteiger partial charge on any atom is 0.245 e. The number of nitriles is 1. The number of thiazole rings is 1. The second-order valence-electron chi connectivity index (χ2n) is 9.53. The van der Waals surface area contributed by atoms with E-state index in [9.17, 15) is 10.1 Å². The highest BCUT2D eigenvalue weighted by molar-refractivity contribution is 7.07. The summed E-state index contributed by atoms with van der Waals surface area (Å²) in [5.41, 5.74) is 5.72. The van der Waals surface area contributed by atoms with Crippen molar-refractivity contribution in [3.63, 3.8) is 0 Å². The van der Waals surface area contributed by atoms with Crippen LogP contribution in [0.2, 0.25) is 0 Å². The normalized spacial score (nSPS) is 14.7. The molecular weight excluding hydrogens is 490 g/mol. The largest absolute Gasteiger partial charge is 0.338 e. The van der Waals surface area contributed by atoms with Gasteiger partial charge >= 0.3 is 0 Å². The number of carbonyl (C=O) groups is 1. The number of piperazine rings is 1. The molecule has 0 radical (unpaired) electrons. The van der Waals surface area contributed by atoms with Crippen LogP contribution in [-0.2, 0) is 11.2 Å². The van der Waals surface area contributed by atoms with Crippen LogP contribution < -0.4 is 10.1 Å². The fourth-order valence-corrected chi connectivity index (χ4v) is 5.81. The summed E-state index contributed by atoms with van der Waals surface area (Å²) in [7, 11) is 0. The molecular formula is C31H31N5OS. The molecule has 1 aliphatic rings. The first-order valence-corrected chi connectivity index (χ1v) is 13.9. The maximum absolute atomic E-state index is 14.2. The molecule has 6 nitrogen and oxygen atoms in total. The van der Waals surface area contributed by atoms with Gasteiger partial charge in [-0.2, -0.15) is 5.26 Å². The van der Waals surface area contributed by atoms with E-state index < -0.39 is 6.04 Å². The molecule has 1 fully saturated rings. The molecule has 192 valence electrons. The van der Waals surface area contributed by atoms with Crippen molar-refractivity contribution in [2.75, 3.05) is 26.2 Å². The van der Waals surface area contributed by atoms with E-state index in [2.05, 4.69) is 52.5 Å². The molecule has 1 aromatic heterocycles. The summed E-state index contributed by atoms with van der Waals surface area (Å²) in [4.78, 5) is 22.0. The Hall–Kier alpha value is -3.99. The fraction of sp³-hybridized carbons (Fsp3) is 0.258. The Morgan fingerprint density at radius 1 is 1.05 bits per heavy atom. The molecule has 7 heteroatoms. The van der Waals surface area contributed by atoms with Crippen LogP contribution >= 0.6 is 11.3 Å². The van der Waals surface area contributed by atoms with Gasteiger partial charge in [0.2, 0.25) is 5.91 Å². The zero-order valence-corrected chi connectivity index (χ0v) is 22.3. The second-order valence-corrected chi connectivity index (χ2v) is 10.4. The average molecular weight is 522 g/mol. The summed E-state index contributed by atoms with van der Waals surface area (Å²) < 4.78 is 2.13. The molecule has 4 aromatic rings. The van der Waals surface area contributed by atoms with Gasteiger partial charge in [-0.25, -0.2) is 4.99 Å². The number of hydrogen-bond donors (Lipinski definition) is 1. The smallest absolute Gasteiger partial charge is 0.245 e. The number of benzene rings is 3. The van der Waals surface area contributed by atoms with Crippen LogP contribution in [0, 0.1) is 18.3 Å². The van der Waals surface area contributed by atoms with Gasteiger partial charge in [0.05, 0.1) is 23.0 Å². The van der Waals surface area contributed by atoms with Crippen LogP contribution in [0.1, 0.15) is 29.2 Å². The van der Waals surface area contributed by atoms with E-state index in [4.69, 9.17) is 4.99 Å². The van der Waals surface area contributed by atoms with E-state index in [1.165, 1.54) is 5.56 Å². The van der Waals surface area contributed by atoms with E-state index in [0.29, 0.717) is 25.1 Å². The summed E-state index contributed by atoms with van der Waals surface area (Å²) in [5, 5.41) is 14.7. The zero-order valence-electron chi connectivity index (χ0n) is 21.5. The lowest BCUT2D eigenvalue weighted by Gasteiger charge is -2.32. The molecule has 0 bridgehead atoms. The monoisotopic (exact) mass is 521 g/mol. The molecule has 1 atom stereocenters. The number of amides is 1. The molecule has 0 saturated carbocycles. The molecule has 0 aliphatic carbocycles. The Labute approximate surface area is 227 Å². The zero-order chi connectivity index (χ0) is 26.3. The summed E-state index contributed by atoms with van der Waals surface area (Å²) in [5.74, 6) is 0.126. The van der Waals surface area contributed by atoms with Gasteiger partial charge < -0.3 is 14.8 Å². The van der Waals surface area contributed by atoms with Crippen LogP contribution in [0.5, 0.6) is 0 Å². The van der Waals surface area contributed by atoms with Gasteiger partial charge in [0.25, 0.3) is 0 Å². The number of aromatic nitrogens is 1. The van der Waals surface area contributed by atoms with Gasteiger partial charge in [-0.05, 0) is 60.7 Å². The van der Waals surface area contributed by atoms with Crippen LogP contribution in [0.3, 0.4) is 0 Å². The first-order valence-electron chi connectivity index (χ1n) is 13.0. The third kappa shape index (κ3) is 5.94. The highest BCUT2D eigenvalue weighted by Crippen LogP contribution is 2.28. The van der Waals surface area contributed by atoms with Gasteiger partial charge in [0.15, 0.2) is 4.80 Å². The third-order valence-corrected chi connectivity index (χ3v) is 7.69. The van der Waals surface area contributed by atoms with Crippen molar-refractivity contribution in [1.82, 2.24) is 14.8 Å². The minimum atomic E-state index is -0.409. The highest BCUT2D eigenvalue weighted by atomic mass is 32.1. The summed E-state index contributed by atoms with van der Waals surface area (Å²) >= 11 is 1.54. The van der Waals surface area contributed by atoms with Crippen molar-refractivity contribution in [2.24, 2.45) is 4.99 Å². The van der Waals surface area contributed by atoms with Gasteiger partial charge in [-0.15, -0.1) is 11.3 Å². The molecule has 2 heterocycles. The predicted molar refractivity (Wildman–Crippen MR) is 152 cm³/mol. The van der Waals surface area contributed by atoms with Gasteiger partial charge in [0.1, 0.15) is 6.04 Å². The van der Waals surface area contributed by atoms with Gasteiger partial charge in [-0.1, -0.05) is 54.6 Å². The number of nitrogens with zero attached hydrogens (tertiary/aromatic N) is 4. The van der Waals surface area contributed by atoms with Crippen molar-refractivity contribution < 1.29 is 4.79 Å². The second kappa shape index (κ2) is 12.0. The minimum Gasteiger partial charge on any atom is -0.338 e. The number of aryl methyl sites for hydroxylation is 2. The van der Waals surface area contributed by atoms with E-state index in [1.807, 2.05) is 59.5 Å². The SMILES string of the molecule is Cc1cccc(N=c2scc(-c3ccc(C#N)cc3)n2[C@@H](CCc2ccccc2)C(=O)N2CCNCC2)c1. The summed E-state index contributed by atoms with van der Waals surface area (Å²) in [6, 6.07) is 27.8. The lowest BCUT2D eigenvalue weighted by Crippen LogP contribution is -2.49. The van der Waals surface area contributed by atoms with Gasteiger partial charge in [0, 0.05) is 31.6 Å². The first-order chi connectivity index (χ1) is 18.6. The van der Waals surface area contributed by atoms with Crippen LogP contribution in [0.25, 0.3) is 11.3 Å². The van der Waals surface area contributed by atoms with E-state index in [1.54, 1.807) is 11.3 Å². The van der Waals surface area contributed by atoms with Crippen LogP contribution in [-0.4, -0.2) is 41.6 Å². The van der Waals surface area contributed by atoms with Crippen molar-refractivity contribution >= 4 is 22.9 Å². The number of carbonyl (C=O) groups excluding carboxylic acids is 1. The standard InChI is InChI=1S/C31H31N5OS/c1-23-6-5-9-27(20-23)34-31-36(29(22-38-31)26-13-10-25(21-32)11-14-26)28(15-12-24-7-3-2-4-8-24)30(37)35-18-16-33-17-19-35/h2-11,13-14,20,22,28,33H,12,15-19H2,1H3/t28-/m0/s1. The Balaban J connectivity index is 1.64. The van der Waals surface area contributed by atoms with Crippen molar-refractivity contribution in [3.05, 3.63) is 106 Å². The van der Waals surface area contributed by atoms with E-state index >= 15 is 0 Å². The lowest BCUT2D eigenvalue weighted by molar-refractivity contribution is -0.135. The molecule has 0 unspecified atom stereocenters. The average Bonchev–Trinajstić information content (AvgIpc) is 3.37. The molecule has 5 rings (SSSR count). The van der Waals surface area contributed by atoms with Gasteiger partial charge in [-0.3, -0.25) is 4.79 Å². The van der Waals surface area contributed by atoms with Crippen molar-refractivity contribution in [1.29, 1.82) is 5.26 Å². The quantitative estimate of drug-likeness (QED) is 0.362. The van der Waals surface area contributed by atoms with Crippen molar-refractivity contribution in [3.8, 4) is 17.3 Å². The lowest BCUT2D eigenvalue weighted by atomic mass is 10.0.